The molecule has 0 unspecified atom stereocenters. The van der Waals surface area contributed by atoms with Crippen LogP contribution in [0, 0.1) is 5.41 Å². The van der Waals surface area contributed by atoms with Crippen LogP contribution >= 0.6 is 12.2 Å². The van der Waals surface area contributed by atoms with Gasteiger partial charge in [0.05, 0.1) is 5.54 Å². The van der Waals surface area contributed by atoms with Crippen LogP contribution in [0.25, 0.3) is 10.4 Å². The summed E-state index contributed by atoms with van der Waals surface area (Å²) in [5, 5.41) is 32.2. The van der Waals surface area contributed by atoms with E-state index < -0.39 is 0 Å². The van der Waals surface area contributed by atoms with Crippen molar-refractivity contribution in [1.29, 1.82) is 0 Å². The molecular weight excluding hydrogens is 390 g/mol. The topological polar surface area (TPSA) is 145 Å². The van der Waals surface area contributed by atoms with Gasteiger partial charge in [0, 0.05) is 82.7 Å². The van der Waals surface area contributed by atoms with E-state index in [2.05, 4.69) is 59.5 Å². The average molecular weight is 428 g/mol. The average Bonchev–Trinajstić information content (AvgIpc) is 2.68. The van der Waals surface area contributed by atoms with Crippen molar-refractivity contribution in [3.05, 3.63) is 10.4 Å². The Hall–Kier alpha value is -1.24. The lowest BCUT2D eigenvalue weighted by atomic mass is 9.90. The van der Waals surface area contributed by atoms with Crippen molar-refractivity contribution in [2.24, 2.45) is 10.5 Å². The molecule has 8 N–H and O–H groups in total. The number of nitrogens with zero attached hydrogens (tertiary/aromatic N) is 3. The van der Waals surface area contributed by atoms with Crippen molar-refractivity contribution < 1.29 is 0 Å². The second-order valence-corrected chi connectivity index (χ2v) is 8.63. The lowest BCUT2D eigenvalue weighted by molar-refractivity contribution is 0.233. The summed E-state index contributed by atoms with van der Waals surface area (Å²) in [6.45, 7) is 10.9. The third-order valence-corrected chi connectivity index (χ3v) is 5.45. The minimum Gasteiger partial charge on any atom is -0.363 e. The van der Waals surface area contributed by atoms with Crippen molar-refractivity contribution in [2.45, 2.75) is 25.3 Å². The van der Waals surface area contributed by atoms with Gasteiger partial charge in [0.1, 0.15) is 0 Å². The van der Waals surface area contributed by atoms with E-state index in [1.807, 2.05) is 0 Å². The lowest BCUT2D eigenvalue weighted by Gasteiger charge is -2.39. The van der Waals surface area contributed by atoms with Crippen LogP contribution in [0.2, 0.25) is 0 Å². The quantitative estimate of drug-likeness (QED) is 0.0854. The van der Waals surface area contributed by atoms with Gasteiger partial charge in [-0.3, -0.25) is 0 Å². The van der Waals surface area contributed by atoms with Gasteiger partial charge in [-0.1, -0.05) is 12.0 Å². The Kier molecular flexibility index (Phi) is 10.9. The summed E-state index contributed by atoms with van der Waals surface area (Å²) in [5.74, 6) is 0. The van der Waals surface area contributed by atoms with Crippen LogP contribution in [0.15, 0.2) is 5.11 Å². The van der Waals surface area contributed by atoms with Gasteiger partial charge < -0.3 is 42.5 Å². The molecule has 166 valence electrons. The highest BCUT2D eigenvalue weighted by molar-refractivity contribution is 7.80. The Morgan fingerprint density at radius 2 is 1.45 bits per heavy atom. The second kappa shape index (κ2) is 13.1. The normalized spacial score (nSPS) is 29.1. The van der Waals surface area contributed by atoms with E-state index in [0.29, 0.717) is 11.7 Å². The van der Waals surface area contributed by atoms with Gasteiger partial charge in [-0.15, -0.1) is 0 Å². The Bertz CT molecular complexity index is 499. The van der Waals surface area contributed by atoms with Crippen molar-refractivity contribution in [3.8, 4) is 0 Å². The van der Waals surface area contributed by atoms with Gasteiger partial charge >= 0.3 is 0 Å². The van der Waals surface area contributed by atoms with Gasteiger partial charge in [0.15, 0.2) is 5.11 Å². The Morgan fingerprint density at radius 1 is 0.931 bits per heavy atom. The van der Waals surface area contributed by atoms with Crippen molar-refractivity contribution in [1.82, 2.24) is 42.5 Å². The molecule has 3 heterocycles. The standard InChI is InChI=1S/C17H37N11S/c1-16-6-19-12-22-9-17(10-23-13-20-7-16,11-24-14-21-8-16)27-15(29)25-4-2-3-5-26-28-18/h19-24H,2-14H2,1H3,(H2,25,27,29). The molecule has 12 heteroatoms. The van der Waals surface area contributed by atoms with Crippen LogP contribution in [0.4, 0.5) is 0 Å². The first-order chi connectivity index (χ1) is 14.1. The highest BCUT2D eigenvalue weighted by Crippen LogP contribution is 2.13. The predicted molar refractivity (Wildman–Crippen MR) is 120 cm³/mol. The second-order valence-electron chi connectivity index (χ2n) is 8.22. The van der Waals surface area contributed by atoms with E-state index in [-0.39, 0.29) is 11.0 Å². The summed E-state index contributed by atoms with van der Waals surface area (Å²) < 4.78 is 0. The van der Waals surface area contributed by atoms with E-state index >= 15 is 0 Å². The smallest absolute Gasteiger partial charge is 0.166 e. The van der Waals surface area contributed by atoms with Crippen LogP contribution < -0.4 is 42.5 Å². The van der Waals surface area contributed by atoms with Crippen LogP contribution in [-0.2, 0) is 0 Å². The van der Waals surface area contributed by atoms with Crippen molar-refractivity contribution in [2.75, 3.05) is 72.4 Å². The van der Waals surface area contributed by atoms with Crippen molar-refractivity contribution in [3.63, 3.8) is 0 Å². The molecule has 0 aromatic rings. The molecule has 11 nitrogen and oxygen atoms in total. The highest BCUT2D eigenvalue weighted by atomic mass is 32.1. The molecule has 2 bridgehead atoms. The van der Waals surface area contributed by atoms with E-state index in [4.69, 9.17) is 17.7 Å². The fourth-order valence-electron chi connectivity index (χ4n) is 3.61. The monoisotopic (exact) mass is 427 g/mol. The largest absolute Gasteiger partial charge is 0.363 e. The van der Waals surface area contributed by atoms with E-state index in [1.165, 1.54) is 0 Å². The molecule has 0 spiro atoms. The van der Waals surface area contributed by atoms with Gasteiger partial charge in [-0.05, 0) is 30.6 Å². The molecule has 3 rings (SSSR count). The number of unbranched alkanes of at least 4 members (excludes halogenated alkanes) is 1. The summed E-state index contributed by atoms with van der Waals surface area (Å²) in [6.07, 6.45) is 1.75. The fourth-order valence-corrected chi connectivity index (χ4v) is 3.93. The number of hydrogen-bond donors (Lipinski definition) is 8. The molecular formula is C17H37N11S. The molecule has 3 fully saturated rings. The third-order valence-electron chi connectivity index (χ3n) is 5.21. The summed E-state index contributed by atoms with van der Waals surface area (Å²) in [6, 6.07) is 0. The molecule has 0 aliphatic carbocycles. The molecule has 0 aromatic carbocycles. The first-order valence-corrected chi connectivity index (χ1v) is 10.8. The highest BCUT2D eigenvalue weighted by Gasteiger charge is 2.32. The van der Waals surface area contributed by atoms with E-state index in [9.17, 15) is 0 Å². The number of thiocarbonyl (C=S) groups is 1. The molecule has 3 aliphatic heterocycles. The Morgan fingerprint density at radius 3 is 1.97 bits per heavy atom. The van der Waals surface area contributed by atoms with Gasteiger partial charge in [-0.2, -0.15) is 0 Å². The first-order valence-electron chi connectivity index (χ1n) is 10.4. The molecule has 0 amide bonds. The number of rotatable bonds is 6. The summed E-state index contributed by atoms with van der Waals surface area (Å²) >= 11 is 5.56. The number of hydrogen-bond acceptors (Lipinski definition) is 8. The molecule has 3 aliphatic rings. The summed E-state index contributed by atoms with van der Waals surface area (Å²) in [7, 11) is 0. The zero-order chi connectivity index (χ0) is 20.8. The maximum atomic E-state index is 8.32. The Balaban J connectivity index is 1.94. The summed E-state index contributed by atoms with van der Waals surface area (Å²) in [5.41, 5.74) is 8.19. The number of fused-ring (bicyclic) bond motifs is 12. The van der Waals surface area contributed by atoms with Crippen LogP contribution in [0.3, 0.4) is 0 Å². The van der Waals surface area contributed by atoms with Gasteiger partial charge in [0.2, 0.25) is 0 Å². The molecule has 0 aromatic heterocycles. The zero-order valence-electron chi connectivity index (χ0n) is 17.4. The Labute approximate surface area is 178 Å². The minimum atomic E-state index is -0.276. The number of azide groups is 1. The zero-order valence-corrected chi connectivity index (χ0v) is 18.3. The van der Waals surface area contributed by atoms with Gasteiger partial charge in [0.25, 0.3) is 0 Å². The first kappa shape index (κ1) is 24.0. The fraction of sp³-hybridized carbons (Fsp3) is 0.941. The maximum Gasteiger partial charge on any atom is 0.166 e. The molecule has 29 heavy (non-hydrogen) atoms. The van der Waals surface area contributed by atoms with Crippen LogP contribution in [-0.4, -0.2) is 83.0 Å². The van der Waals surface area contributed by atoms with E-state index in [1.54, 1.807) is 0 Å². The van der Waals surface area contributed by atoms with Crippen LogP contribution in [0.1, 0.15) is 19.8 Å². The molecule has 0 saturated carbocycles. The lowest BCUT2D eigenvalue weighted by Crippen LogP contribution is -2.68. The predicted octanol–water partition coefficient (Wildman–Crippen LogP) is -1.28. The van der Waals surface area contributed by atoms with Crippen molar-refractivity contribution >= 4 is 17.3 Å². The van der Waals surface area contributed by atoms with Crippen LogP contribution in [0.5, 0.6) is 0 Å². The van der Waals surface area contributed by atoms with Gasteiger partial charge in [-0.25, -0.2) is 0 Å². The maximum absolute atomic E-state index is 8.32. The SMILES string of the molecule is CC12CNCNCC(NC(=S)NCCCCN=[N+]=[N-])(CNCNC1)CNCNC2. The molecule has 0 atom stereocenters. The summed E-state index contributed by atoms with van der Waals surface area (Å²) in [4.78, 5) is 2.77. The number of nitrogens with one attached hydrogen (secondary N) is 8. The molecule has 3 saturated heterocycles. The minimum absolute atomic E-state index is 0.142. The molecule has 0 radical (unpaired) electrons. The van der Waals surface area contributed by atoms with E-state index in [0.717, 1.165) is 78.7 Å². The third kappa shape index (κ3) is 9.41.